The molecule has 3 aromatic rings. The molecule has 1 aromatic heterocycles. The van der Waals surface area contributed by atoms with Crippen LogP contribution in [0, 0.1) is 0 Å². The first kappa shape index (κ1) is 17.9. The third kappa shape index (κ3) is 2.68. The normalized spacial score (nSPS) is 16.8. The molecule has 0 N–H and O–H groups in total. The van der Waals surface area contributed by atoms with Crippen LogP contribution in [0.15, 0.2) is 65.8 Å². The number of anilines is 2. The Morgan fingerprint density at radius 1 is 1.00 bits per heavy atom. The zero-order chi connectivity index (χ0) is 20.9. The number of carbonyl (C=O) groups is 2. The summed E-state index contributed by atoms with van der Waals surface area (Å²) in [5.41, 5.74) is 3.69. The van der Waals surface area contributed by atoms with Crippen molar-refractivity contribution in [3.8, 4) is 5.69 Å². The van der Waals surface area contributed by atoms with E-state index in [0.29, 0.717) is 31.3 Å². The molecule has 0 atom stereocenters. The van der Waals surface area contributed by atoms with E-state index >= 15 is 0 Å². The standard InChI is InChI=1S/C23H20N6O2/c30-20(26-12-10-16-6-4-5-9-19(16)26)15-28-22-18(21-24-11-13-27(21)23(28)31)14-25-29(22)17-7-2-1-3-8-17/h1-9,14H,10-13,15H2. The van der Waals surface area contributed by atoms with Crippen molar-refractivity contribution < 1.29 is 9.59 Å². The van der Waals surface area contributed by atoms with Gasteiger partial charge in [-0.15, -0.1) is 0 Å². The summed E-state index contributed by atoms with van der Waals surface area (Å²) in [6.45, 7) is 1.64. The number of urea groups is 1. The monoisotopic (exact) mass is 412 g/mol. The molecular weight excluding hydrogens is 392 g/mol. The largest absolute Gasteiger partial charge is 0.331 e. The number of nitrogens with zero attached hydrogens (tertiary/aromatic N) is 6. The molecule has 0 radical (unpaired) electrons. The summed E-state index contributed by atoms with van der Waals surface area (Å²) in [5.74, 6) is 1.12. The number of hydrogen-bond donors (Lipinski definition) is 0. The van der Waals surface area contributed by atoms with Crippen molar-refractivity contribution in [2.24, 2.45) is 4.99 Å². The van der Waals surface area contributed by atoms with E-state index in [1.165, 1.54) is 0 Å². The molecular formula is C23H20N6O2. The van der Waals surface area contributed by atoms with E-state index in [2.05, 4.69) is 10.1 Å². The lowest BCUT2D eigenvalue weighted by Crippen LogP contribution is -2.53. The summed E-state index contributed by atoms with van der Waals surface area (Å²) in [6.07, 6.45) is 2.56. The van der Waals surface area contributed by atoms with Crippen LogP contribution in [-0.4, -0.2) is 58.6 Å². The van der Waals surface area contributed by atoms with Crippen molar-refractivity contribution in [3.05, 3.63) is 71.9 Å². The van der Waals surface area contributed by atoms with E-state index in [-0.39, 0.29) is 18.5 Å². The first-order chi connectivity index (χ1) is 15.2. The summed E-state index contributed by atoms with van der Waals surface area (Å²) in [7, 11) is 0. The number of para-hydroxylation sites is 2. The van der Waals surface area contributed by atoms with Gasteiger partial charge in [0.2, 0.25) is 5.91 Å². The highest BCUT2D eigenvalue weighted by atomic mass is 16.2. The fourth-order valence-electron chi connectivity index (χ4n) is 4.58. The third-order valence-electron chi connectivity index (χ3n) is 6.03. The number of fused-ring (bicyclic) bond motifs is 4. The highest BCUT2D eigenvalue weighted by Crippen LogP contribution is 2.34. The number of hydrogen-bond acceptors (Lipinski definition) is 4. The Bertz CT molecular complexity index is 1230. The number of rotatable bonds is 3. The Hall–Kier alpha value is -3.94. The lowest BCUT2D eigenvalue weighted by atomic mass is 10.2. The molecule has 4 heterocycles. The van der Waals surface area contributed by atoms with Gasteiger partial charge >= 0.3 is 6.03 Å². The van der Waals surface area contributed by atoms with Crippen LogP contribution in [0.5, 0.6) is 0 Å². The molecule has 8 heteroatoms. The molecule has 0 unspecified atom stereocenters. The van der Waals surface area contributed by atoms with Crippen molar-refractivity contribution in [2.75, 3.05) is 36.0 Å². The first-order valence-electron chi connectivity index (χ1n) is 10.4. The molecule has 3 amide bonds. The summed E-state index contributed by atoms with van der Waals surface area (Å²) in [4.78, 5) is 36.2. The van der Waals surface area contributed by atoms with Gasteiger partial charge in [0, 0.05) is 18.8 Å². The zero-order valence-corrected chi connectivity index (χ0v) is 16.8. The van der Waals surface area contributed by atoms with Crippen LogP contribution < -0.4 is 9.80 Å². The number of amidine groups is 1. The van der Waals surface area contributed by atoms with Crippen LogP contribution in [0.25, 0.3) is 5.69 Å². The highest BCUT2D eigenvalue weighted by molar-refractivity contribution is 6.20. The van der Waals surface area contributed by atoms with Crippen LogP contribution in [0.2, 0.25) is 0 Å². The Morgan fingerprint density at radius 2 is 1.81 bits per heavy atom. The fraction of sp³-hybridized carbons (Fsp3) is 0.217. The minimum atomic E-state index is -0.234. The second-order valence-electron chi connectivity index (χ2n) is 7.78. The summed E-state index contributed by atoms with van der Waals surface area (Å²) in [6, 6.07) is 17.3. The highest BCUT2D eigenvalue weighted by Gasteiger charge is 2.42. The summed E-state index contributed by atoms with van der Waals surface area (Å²) >= 11 is 0. The average Bonchev–Trinajstić information content (AvgIpc) is 3.54. The van der Waals surface area contributed by atoms with E-state index in [1.807, 2.05) is 54.6 Å². The van der Waals surface area contributed by atoms with Gasteiger partial charge in [-0.05, 0) is 30.2 Å². The Labute approximate surface area is 179 Å². The van der Waals surface area contributed by atoms with Gasteiger partial charge in [0.15, 0.2) is 5.82 Å². The van der Waals surface area contributed by atoms with Crippen LogP contribution in [0.1, 0.15) is 11.1 Å². The maximum atomic E-state index is 13.4. The van der Waals surface area contributed by atoms with Crippen molar-refractivity contribution in [1.29, 1.82) is 0 Å². The van der Waals surface area contributed by atoms with E-state index in [0.717, 1.165) is 28.9 Å². The minimum Gasteiger partial charge on any atom is -0.310 e. The third-order valence-corrected chi connectivity index (χ3v) is 6.03. The molecule has 0 spiro atoms. The Balaban J connectivity index is 1.41. The summed E-state index contributed by atoms with van der Waals surface area (Å²) < 4.78 is 1.72. The van der Waals surface area contributed by atoms with Gasteiger partial charge in [0.05, 0.1) is 24.0 Å². The molecule has 8 nitrogen and oxygen atoms in total. The van der Waals surface area contributed by atoms with Gasteiger partial charge in [-0.3, -0.25) is 19.6 Å². The zero-order valence-electron chi connectivity index (χ0n) is 16.8. The van der Waals surface area contributed by atoms with Crippen molar-refractivity contribution in [2.45, 2.75) is 6.42 Å². The second kappa shape index (κ2) is 6.80. The van der Waals surface area contributed by atoms with E-state index in [9.17, 15) is 9.59 Å². The number of benzene rings is 2. The molecule has 0 saturated heterocycles. The SMILES string of the molecule is O=C(CN1C(=O)N2CCN=C2c2cnn(-c3ccccc3)c21)N1CCc2ccccc21. The molecule has 0 bridgehead atoms. The van der Waals surface area contributed by atoms with Crippen molar-refractivity contribution in [3.63, 3.8) is 0 Å². The van der Waals surface area contributed by atoms with Gasteiger partial charge < -0.3 is 4.90 Å². The van der Waals surface area contributed by atoms with Crippen LogP contribution >= 0.6 is 0 Å². The number of aliphatic imine (C=N–C) groups is 1. The Morgan fingerprint density at radius 3 is 2.68 bits per heavy atom. The fourth-order valence-corrected chi connectivity index (χ4v) is 4.58. The molecule has 3 aliphatic heterocycles. The molecule has 3 aliphatic rings. The minimum absolute atomic E-state index is 0.0531. The second-order valence-corrected chi connectivity index (χ2v) is 7.78. The average molecular weight is 412 g/mol. The molecule has 0 aliphatic carbocycles. The van der Waals surface area contributed by atoms with Crippen molar-refractivity contribution in [1.82, 2.24) is 14.7 Å². The summed E-state index contributed by atoms with van der Waals surface area (Å²) in [5, 5.41) is 4.54. The molecule has 0 fully saturated rings. The first-order valence-corrected chi connectivity index (χ1v) is 10.4. The van der Waals surface area contributed by atoms with E-state index in [1.54, 1.807) is 25.6 Å². The number of amides is 3. The van der Waals surface area contributed by atoms with E-state index in [4.69, 9.17) is 0 Å². The smallest absolute Gasteiger partial charge is 0.310 e. The molecule has 6 rings (SSSR count). The maximum absolute atomic E-state index is 13.4. The molecule has 154 valence electrons. The van der Waals surface area contributed by atoms with Gasteiger partial charge in [-0.2, -0.15) is 5.10 Å². The van der Waals surface area contributed by atoms with Gasteiger partial charge in [-0.25, -0.2) is 9.48 Å². The van der Waals surface area contributed by atoms with Crippen LogP contribution in [0.4, 0.5) is 16.3 Å². The predicted molar refractivity (Wildman–Crippen MR) is 117 cm³/mol. The van der Waals surface area contributed by atoms with Crippen LogP contribution in [0.3, 0.4) is 0 Å². The van der Waals surface area contributed by atoms with Gasteiger partial charge in [-0.1, -0.05) is 36.4 Å². The number of aromatic nitrogens is 2. The predicted octanol–water partition coefficient (Wildman–Crippen LogP) is 2.46. The van der Waals surface area contributed by atoms with Gasteiger partial charge in [0.25, 0.3) is 0 Å². The molecule has 2 aromatic carbocycles. The lowest BCUT2D eigenvalue weighted by molar-refractivity contribution is -0.117. The maximum Gasteiger partial charge on any atom is 0.331 e. The van der Waals surface area contributed by atoms with E-state index < -0.39 is 0 Å². The lowest BCUT2D eigenvalue weighted by Gasteiger charge is -2.34. The quantitative estimate of drug-likeness (QED) is 0.663. The van der Waals surface area contributed by atoms with Crippen molar-refractivity contribution >= 4 is 29.3 Å². The topological polar surface area (TPSA) is 74.0 Å². The van der Waals surface area contributed by atoms with Gasteiger partial charge in [0.1, 0.15) is 12.4 Å². The Kier molecular flexibility index (Phi) is 3.92. The molecule has 31 heavy (non-hydrogen) atoms. The van der Waals surface area contributed by atoms with Crippen LogP contribution in [-0.2, 0) is 11.2 Å². The number of carbonyl (C=O) groups excluding carboxylic acids is 2. The molecule has 0 saturated carbocycles.